The molecule has 1 aromatic rings. The van der Waals surface area contributed by atoms with Gasteiger partial charge < -0.3 is 4.90 Å². The van der Waals surface area contributed by atoms with Gasteiger partial charge in [-0.25, -0.2) is 9.78 Å². The van der Waals surface area contributed by atoms with E-state index < -0.39 is 10.8 Å². The summed E-state index contributed by atoms with van der Waals surface area (Å²) in [4.78, 5) is 17.3. The highest BCUT2D eigenvalue weighted by molar-refractivity contribution is 7.84. The Hall–Kier alpha value is -1.50. The number of amides is 1. The van der Waals surface area contributed by atoms with Crippen LogP contribution in [0.4, 0.5) is 4.79 Å². The first-order valence-electron chi connectivity index (χ1n) is 5.34. The van der Waals surface area contributed by atoms with Crippen LogP contribution in [-0.2, 0) is 10.8 Å². The lowest BCUT2D eigenvalue weighted by Crippen LogP contribution is -2.35. The van der Waals surface area contributed by atoms with Crippen molar-refractivity contribution in [1.29, 1.82) is 0 Å². The van der Waals surface area contributed by atoms with Gasteiger partial charge in [0.15, 0.2) is 0 Å². The first kappa shape index (κ1) is 13.6. The van der Waals surface area contributed by atoms with Gasteiger partial charge in [0.25, 0.3) is 0 Å². The van der Waals surface area contributed by atoms with E-state index in [2.05, 4.69) is 16.7 Å². The Kier molecular flexibility index (Phi) is 5.02. The molecule has 1 heterocycles. The van der Waals surface area contributed by atoms with E-state index in [1.54, 1.807) is 17.9 Å². The van der Waals surface area contributed by atoms with Gasteiger partial charge in [0.05, 0.1) is 10.8 Å². The third kappa shape index (κ3) is 3.23. The van der Waals surface area contributed by atoms with E-state index in [9.17, 15) is 9.00 Å². The quantitative estimate of drug-likeness (QED) is 0.733. The molecule has 0 fully saturated rings. The van der Waals surface area contributed by atoms with Crippen molar-refractivity contribution in [3.63, 3.8) is 0 Å². The lowest BCUT2D eigenvalue weighted by Gasteiger charge is -2.17. The van der Waals surface area contributed by atoms with Crippen LogP contribution in [0.2, 0.25) is 0 Å². The van der Waals surface area contributed by atoms with Gasteiger partial charge in [-0.2, -0.15) is 4.68 Å². The summed E-state index contributed by atoms with van der Waals surface area (Å²) in [5, 5.41) is 4.10. The predicted octanol–water partition coefficient (Wildman–Crippen LogP) is 0.882. The topological polar surface area (TPSA) is 68.1 Å². The van der Waals surface area contributed by atoms with Gasteiger partial charge in [0, 0.05) is 18.8 Å². The Morgan fingerprint density at radius 1 is 1.65 bits per heavy atom. The molecule has 6 nitrogen and oxygen atoms in total. The first-order chi connectivity index (χ1) is 8.13. The normalized spacial score (nSPS) is 12.1. The fraction of sp³-hybridized carbons (Fsp3) is 0.500. The monoisotopic (exact) mass is 256 g/mol. The van der Waals surface area contributed by atoms with E-state index in [1.165, 1.54) is 6.33 Å². The first-order valence-corrected chi connectivity index (χ1v) is 6.66. The second-order valence-electron chi connectivity index (χ2n) is 3.22. The van der Waals surface area contributed by atoms with Crippen molar-refractivity contribution in [1.82, 2.24) is 19.7 Å². The SMILES string of the molecule is C=CCN(CC)C(=O)n1cnc(S(=O)CC)n1. The molecule has 17 heavy (non-hydrogen) atoms. The van der Waals surface area contributed by atoms with Crippen molar-refractivity contribution < 1.29 is 9.00 Å². The van der Waals surface area contributed by atoms with Gasteiger partial charge in [0.1, 0.15) is 6.33 Å². The molecule has 1 unspecified atom stereocenters. The molecule has 0 aliphatic carbocycles. The molecule has 0 aliphatic rings. The molecule has 1 aromatic heterocycles. The molecule has 0 aliphatic heterocycles. The van der Waals surface area contributed by atoms with E-state index >= 15 is 0 Å². The van der Waals surface area contributed by atoms with Crippen molar-refractivity contribution >= 4 is 16.8 Å². The summed E-state index contributed by atoms with van der Waals surface area (Å²) in [5.41, 5.74) is 0. The molecule has 0 saturated heterocycles. The van der Waals surface area contributed by atoms with Crippen molar-refractivity contribution in [2.45, 2.75) is 19.0 Å². The number of nitrogens with zero attached hydrogens (tertiary/aromatic N) is 4. The molecular formula is C10H16N4O2S. The minimum absolute atomic E-state index is 0.190. The predicted molar refractivity (Wildman–Crippen MR) is 65.2 cm³/mol. The van der Waals surface area contributed by atoms with E-state index in [1.807, 2.05) is 6.92 Å². The van der Waals surface area contributed by atoms with Gasteiger partial charge in [-0.3, -0.25) is 4.21 Å². The number of likely N-dealkylation sites (N-methyl/N-ethyl adjacent to an activating group) is 1. The maximum atomic E-state index is 11.9. The average Bonchev–Trinajstić information content (AvgIpc) is 2.83. The van der Waals surface area contributed by atoms with E-state index in [-0.39, 0.29) is 11.2 Å². The van der Waals surface area contributed by atoms with Gasteiger partial charge in [-0.15, -0.1) is 11.7 Å². The van der Waals surface area contributed by atoms with Crippen molar-refractivity contribution in [2.75, 3.05) is 18.8 Å². The van der Waals surface area contributed by atoms with Gasteiger partial charge in [0.2, 0.25) is 5.16 Å². The summed E-state index contributed by atoms with van der Waals surface area (Å²) < 4.78 is 12.6. The summed E-state index contributed by atoms with van der Waals surface area (Å²) in [6.07, 6.45) is 2.93. The van der Waals surface area contributed by atoms with Gasteiger partial charge in [-0.05, 0) is 6.92 Å². The number of carbonyl (C=O) groups is 1. The zero-order valence-corrected chi connectivity index (χ0v) is 10.8. The molecule has 1 rings (SSSR count). The highest BCUT2D eigenvalue weighted by Crippen LogP contribution is 2.00. The number of rotatable bonds is 5. The zero-order valence-electron chi connectivity index (χ0n) is 10.00. The highest BCUT2D eigenvalue weighted by Gasteiger charge is 2.16. The number of aromatic nitrogens is 3. The minimum atomic E-state index is -1.24. The Labute approximate surface area is 103 Å². The van der Waals surface area contributed by atoms with Crippen LogP contribution in [0.15, 0.2) is 24.1 Å². The Balaban J connectivity index is 2.85. The van der Waals surface area contributed by atoms with Crippen molar-refractivity contribution in [2.24, 2.45) is 0 Å². The summed E-state index contributed by atoms with van der Waals surface area (Å²) in [6, 6.07) is -0.292. The molecule has 0 saturated carbocycles. The van der Waals surface area contributed by atoms with Crippen LogP contribution >= 0.6 is 0 Å². The third-order valence-electron chi connectivity index (χ3n) is 2.13. The maximum absolute atomic E-state index is 11.9. The maximum Gasteiger partial charge on any atom is 0.346 e. The third-order valence-corrected chi connectivity index (χ3v) is 3.25. The fourth-order valence-corrected chi connectivity index (χ4v) is 1.82. The van der Waals surface area contributed by atoms with Crippen molar-refractivity contribution in [3.05, 3.63) is 19.0 Å². The second kappa shape index (κ2) is 6.29. The van der Waals surface area contributed by atoms with Crippen LogP contribution in [0.5, 0.6) is 0 Å². The number of carbonyl (C=O) groups excluding carboxylic acids is 1. The largest absolute Gasteiger partial charge is 0.346 e. The van der Waals surface area contributed by atoms with E-state index in [4.69, 9.17) is 0 Å². The minimum Gasteiger partial charge on any atom is -0.319 e. The van der Waals surface area contributed by atoms with E-state index in [0.717, 1.165) is 4.68 Å². The van der Waals surface area contributed by atoms with Crippen molar-refractivity contribution in [3.8, 4) is 0 Å². The van der Waals surface area contributed by atoms with Gasteiger partial charge in [-0.1, -0.05) is 13.0 Å². The lowest BCUT2D eigenvalue weighted by atomic mass is 10.5. The summed E-state index contributed by atoms with van der Waals surface area (Å²) in [5.74, 6) is 0.433. The Morgan fingerprint density at radius 2 is 2.35 bits per heavy atom. The molecule has 94 valence electrons. The molecule has 7 heteroatoms. The molecule has 0 spiro atoms. The van der Waals surface area contributed by atoms with Crippen LogP contribution < -0.4 is 0 Å². The van der Waals surface area contributed by atoms with Crippen LogP contribution in [-0.4, -0.2) is 48.7 Å². The summed E-state index contributed by atoms with van der Waals surface area (Å²) in [7, 11) is -1.24. The van der Waals surface area contributed by atoms with Crippen LogP contribution in [0.1, 0.15) is 13.8 Å². The molecular weight excluding hydrogens is 240 g/mol. The average molecular weight is 256 g/mol. The van der Waals surface area contributed by atoms with Crippen LogP contribution in [0.3, 0.4) is 0 Å². The molecule has 1 amide bonds. The highest BCUT2D eigenvalue weighted by atomic mass is 32.2. The Bertz CT molecular complexity index is 430. The smallest absolute Gasteiger partial charge is 0.319 e. The lowest BCUT2D eigenvalue weighted by molar-refractivity contribution is 0.204. The second-order valence-corrected chi connectivity index (χ2v) is 4.85. The molecule has 0 aromatic carbocycles. The Morgan fingerprint density at radius 3 is 2.88 bits per heavy atom. The molecule has 0 N–H and O–H groups in total. The van der Waals surface area contributed by atoms with Gasteiger partial charge >= 0.3 is 6.03 Å². The summed E-state index contributed by atoms with van der Waals surface area (Å²) >= 11 is 0. The summed E-state index contributed by atoms with van der Waals surface area (Å²) in [6.45, 7) is 8.22. The number of hydrogen-bond donors (Lipinski definition) is 0. The molecule has 0 bridgehead atoms. The molecule has 0 radical (unpaired) electrons. The van der Waals surface area contributed by atoms with Crippen LogP contribution in [0, 0.1) is 0 Å². The van der Waals surface area contributed by atoms with E-state index in [0.29, 0.717) is 18.8 Å². The molecule has 1 atom stereocenters. The standard InChI is InChI=1S/C10H16N4O2S/c1-4-7-13(5-2)10(15)14-8-11-9(12-14)17(16)6-3/h4,8H,1,5-7H2,2-3H3. The zero-order chi connectivity index (χ0) is 12.8. The fourth-order valence-electron chi connectivity index (χ4n) is 1.22. The van der Waals surface area contributed by atoms with Crippen LogP contribution in [0.25, 0.3) is 0 Å². The number of hydrogen-bond acceptors (Lipinski definition) is 4.